The summed E-state index contributed by atoms with van der Waals surface area (Å²) >= 11 is 0. The number of aromatic nitrogens is 2. The second-order valence-electron chi connectivity index (χ2n) is 8.52. The first-order valence-corrected chi connectivity index (χ1v) is 11.2. The van der Waals surface area contributed by atoms with Gasteiger partial charge in [-0.3, -0.25) is 0 Å². The zero-order valence-corrected chi connectivity index (χ0v) is 17.9. The number of nitrogens with one attached hydrogen (secondary N) is 2. The van der Waals surface area contributed by atoms with Crippen molar-refractivity contribution in [3.63, 3.8) is 0 Å². The van der Waals surface area contributed by atoms with Crippen LogP contribution in [-0.2, 0) is 22.5 Å². The Morgan fingerprint density at radius 2 is 1.97 bits per heavy atom. The van der Waals surface area contributed by atoms with Gasteiger partial charge in [-0.1, -0.05) is 0 Å². The number of amides is 2. The highest BCUT2D eigenvalue weighted by molar-refractivity contribution is 5.89. The van der Waals surface area contributed by atoms with Crippen molar-refractivity contribution < 1.29 is 14.3 Å². The lowest BCUT2D eigenvalue weighted by molar-refractivity contribution is 0.0952. The van der Waals surface area contributed by atoms with Gasteiger partial charge >= 0.3 is 6.03 Å². The van der Waals surface area contributed by atoms with Crippen molar-refractivity contribution in [1.29, 1.82) is 0 Å². The molecule has 2 aliphatic heterocycles. The van der Waals surface area contributed by atoms with Crippen LogP contribution in [0.15, 0.2) is 24.3 Å². The number of hydrogen-bond donors (Lipinski definition) is 2. The van der Waals surface area contributed by atoms with Crippen molar-refractivity contribution in [3.8, 4) is 11.4 Å². The van der Waals surface area contributed by atoms with Gasteiger partial charge in [0.15, 0.2) is 5.82 Å². The van der Waals surface area contributed by atoms with Crippen molar-refractivity contribution in [1.82, 2.24) is 15.3 Å². The van der Waals surface area contributed by atoms with Crippen molar-refractivity contribution in [3.05, 3.63) is 35.5 Å². The molecule has 2 N–H and O–H groups in total. The predicted octanol–water partition coefficient (Wildman–Crippen LogP) is 3.12. The summed E-state index contributed by atoms with van der Waals surface area (Å²) in [5, 5.41) is 5.90. The van der Waals surface area contributed by atoms with Crippen LogP contribution in [0, 0.1) is 0 Å². The summed E-state index contributed by atoms with van der Waals surface area (Å²) in [5.74, 6) is 1.66. The summed E-state index contributed by atoms with van der Waals surface area (Å²) in [4.78, 5) is 24.2. The van der Waals surface area contributed by atoms with Crippen LogP contribution in [0.5, 0.6) is 0 Å². The van der Waals surface area contributed by atoms with E-state index in [0.29, 0.717) is 38.3 Å². The second-order valence-corrected chi connectivity index (χ2v) is 8.52. The van der Waals surface area contributed by atoms with E-state index in [1.165, 1.54) is 6.42 Å². The van der Waals surface area contributed by atoms with E-state index in [1.807, 2.05) is 24.3 Å². The Balaban J connectivity index is 1.39. The number of ether oxygens (including phenoxy) is 2. The van der Waals surface area contributed by atoms with Crippen molar-refractivity contribution >= 4 is 17.5 Å². The molecule has 1 aromatic heterocycles. The van der Waals surface area contributed by atoms with Gasteiger partial charge in [0.25, 0.3) is 0 Å². The quantitative estimate of drug-likeness (QED) is 0.786. The molecular formula is C23H29N5O3. The largest absolute Gasteiger partial charge is 0.377 e. The molecule has 1 atom stereocenters. The second kappa shape index (κ2) is 8.80. The van der Waals surface area contributed by atoms with Crippen LogP contribution in [0.2, 0.25) is 0 Å². The summed E-state index contributed by atoms with van der Waals surface area (Å²) in [5.41, 5.74) is 3.84. The first kappa shape index (κ1) is 20.2. The molecule has 164 valence electrons. The molecule has 8 heteroatoms. The summed E-state index contributed by atoms with van der Waals surface area (Å²) < 4.78 is 11.3. The molecule has 31 heavy (non-hydrogen) atoms. The van der Waals surface area contributed by atoms with E-state index in [9.17, 15) is 4.79 Å². The van der Waals surface area contributed by atoms with Crippen LogP contribution in [-0.4, -0.2) is 54.4 Å². The number of hydrogen-bond acceptors (Lipinski definition) is 6. The molecule has 1 aromatic carbocycles. The fourth-order valence-corrected chi connectivity index (χ4v) is 4.23. The number of benzene rings is 1. The topological polar surface area (TPSA) is 88.6 Å². The van der Waals surface area contributed by atoms with Crippen molar-refractivity contribution in [2.75, 3.05) is 36.6 Å². The zero-order chi connectivity index (χ0) is 21.2. The molecule has 1 saturated carbocycles. The van der Waals surface area contributed by atoms with Crippen LogP contribution >= 0.6 is 0 Å². The molecule has 3 heterocycles. The standard InChI is InChI=1S/C23H29N5O3/c1-15-13-31-12-10-28(15)22-19-14-30-11-9-20(19)26-21(27-22)16-5-7-18(8-6-16)25-23(29)24-17-3-2-4-17/h5-8,15,17H,2-4,9-14H2,1H3,(H2,24,25,29). The summed E-state index contributed by atoms with van der Waals surface area (Å²) in [6.07, 6.45) is 4.11. The van der Waals surface area contributed by atoms with E-state index >= 15 is 0 Å². The highest BCUT2D eigenvalue weighted by Gasteiger charge is 2.27. The fraction of sp³-hybridized carbons (Fsp3) is 0.522. The van der Waals surface area contributed by atoms with Gasteiger partial charge in [0, 0.05) is 35.8 Å². The van der Waals surface area contributed by atoms with Gasteiger partial charge in [-0.05, 0) is 50.5 Å². The lowest BCUT2D eigenvalue weighted by Crippen LogP contribution is -2.45. The van der Waals surface area contributed by atoms with E-state index < -0.39 is 0 Å². The molecule has 3 aliphatic rings. The van der Waals surface area contributed by atoms with E-state index in [1.54, 1.807) is 0 Å². The maximum absolute atomic E-state index is 12.1. The average Bonchev–Trinajstić information content (AvgIpc) is 2.76. The van der Waals surface area contributed by atoms with Crippen LogP contribution in [0.1, 0.15) is 37.4 Å². The number of nitrogens with zero attached hydrogens (tertiary/aromatic N) is 3. The monoisotopic (exact) mass is 423 g/mol. The fourth-order valence-electron chi connectivity index (χ4n) is 4.23. The molecular weight excluding hydrogens is 394 g/mol. The number of anilines is 2. The maximum Gasteiger partial charge on any atom is 0.319 e. The van der Waals surface area contributed by atoms with Crippen LogP contribution in [0.4, 0.5) is 16.3 Å². The molecule has 5 rings (SSSR count). The molecule has 2 fully saturated rings. The average molecular weight is 424 g/mol. The molecule has 1 aliphatic carbocycles. The first-order chi connectivity index (χ1) is 15.2. The Kier molecular flexibility index (Phi) is 5.74. The minimum atomic E-state index is -0.147. The zero-order valence-electron chi connectivity index (χ0n) is 17.9. The molecule has 1 unspecified atom stereocenters. The third kappa shape index (κ3) is 4.36. The summed E-state index contributed by atoms with van der Waals surface area (Å²) in [7, 11) is 0. The number of urea groups is 1. The Labute approximate surface area is 182 Å². The Morgan fingerprint density at radius 3 is 2.71 bits per heavy atom. The third-order valence-electron chi connectivity index (χ3n) is 6.28. The van der Waals surface area contributed by atoms with Gasteiger partial charge in [-0.25, -0.2) is 14.8 Å². The lowest BCUT2D eigenvalue weighted by Gasteiger charge is -2.36. The number of rotatable bonds is 4. The molecule has 2 amide bonds. The first-order valence-electron chi connectivity index (χ1n) is 11.2. The normalized spacial score (nSPS) is 21.2. The SMILES string of the molecule is CC1COCCN1c1nc(-c2ccc(NC(=O)NC3CCC3)cc2)nc2c1COCC2. The predicted molar refractivity (Wildman–Crippen MR) is 118 cm³/mol. The maximum atomic E-state index is 12.1. The van der Waals surface area contributed by atoms with Crippen molar-refractivity contribution in [2.24, 2.45) is 0 Å². The van der Waals surface area contributed by atoms with Crippen molar-refractivity contribution in [2.45, 2.75) is 51.3 Å². The Morgan fingerprint density at radius 1 is 1.13 bits per heavy atom. The van der Waals surface area contributed by atoms with E-state index in [0.717, 1.165) is 54.1 Å². The van der Waals surface area contributed by atoms with Gasteiger partial charge in [0.1, 0.15) is 5.82 Å². The Hall–Kier alpha value is -2.71. The molecule has 0 spiro atoms. The third-order valence-corrected chi connectivity index (χ3v) is 6.28. The van der Waals surface area contributed by atoms with Gasteiger partial charge < -0.3 is 25.0 Å². The minimum Gasteiger partial charge on any atom is -0.377 e. The van der Waals surface area contributed by atoms with Crippen LogP contribution in [0.3, 0.4) is 0 Å². The van der Waals surface area contributed by atoms with E-state index in [2.05, 4.69) is 22.5 Å². The Bertz CT molecular complexity index is 945. The smallest absolute Gasteiger partial charge is 0.319 e. The molecule has 8 nitrogen and oxygen atoms in total. The molecule has 0 bridgehead atoms. The lowest BCUT2D eigenvalue weighted by atomic mass is 9.93. The number of fused-ring (bicyclic) bond motifs is 1. The van der Waals surface area contributed by atoms with E-state index in [-0.39, 0.29) is 12.1 Å². The van der Waals surface area contributed by atoms with Crippen LogP contribution in [0.25, 0.3) is 11.4 Å². The summed E-state index contributed by atoms with van der Waals surface area (Å²) in [6.45, 7) is 5.59. The van der Waals surface area contributed by atoms with Gasteiger partial charge in [-0.15, -0.1) is 0 Å². The number of carbonyl (C=O) groups excluding carboxylic acids is 1. The number of carbonyl (C=O) groups is 1. The summed E-state index contributed by atoms with van der Waals surface area (Å²) in [6, 6.07) is 8.15. The molecule has 2 aromatic rings. The van der Waals surface area contributed by atoms with Gasteiger partial charge in [0.2, 0.25) is 0 Å². The molecule has 1 saturated heterocycles. The van der Waals surface area contributed by atoms with E-state index in [4.69, 9.17) is 19.4 Å². The van der Waals surface area contributed by atoms with Gasteiger partial charge in [-0.2, -0.15) is 0 Å². The highest BCUT2D eigenvalue weighted by Crippen LogP contribution is 2.31. The van der Waals surface area contributed by atoms with Crippen LogP contribution < -0.4 is 15.5 Å². The minimum absolute atomic E-state index is 0.147. The van der Waals surface area contributed by atoms with Gasteiger partial charge in [0.05, 0.1) is 38.2 Å². The molecule has 0 radical (unpaired) electrons. The highest BCUT2D eigenvalue weighted by atomic mass is 16.5. The number of morpholine rings is 1.